The molecule has 0 aliphatic rings. The number of hydrogen-bond acceptors (Lipinski definition) is 3. The van der Waals surface area contributed by atoms with Crippen LogP contribution in [-0.2, 0) is 4.79 Å². The van der Waals surface area contributed by atoms with Crippen LogP contribution >= 0.6 is 0 Å². The van der Waals surface area contributed by atoms with Crippen molar-refractivity contribution in [2.75, 3.05) is 5.32 Å². The van der Waals surface area contributed by atoms with Gasteiger partial charge < -0.3 is 10.1 Å². The molecular formula is C20H16N2O2. The summed E-state index contributed by atoms with van der Waals surface area (Å²) in [5, 5.41) is 2.81. The van der Waals surface area contributed by atoms with Gasteiger partial charge in [0.15, 0.2) is 0 Å². The molecule has 0 bridgehead atoms. The monoisotopic (exact) mass is 316 g/mol. The van der Waals surface area contributed by atoms with Gasteiger partial charge >= 0.3 is 0 Å². The Bertz CT molecular complexity index is 813. The average Bonchev–Trinajstić information content (AvgIpc) is 2.63. The summed E-state index contributed by atoms with van der Waals surface area (Å²) in [6, 6.07) is 20.4. The number of para-hydroxylation sites is 1. The van der Waals surface area contributed by atoms with Crippen molar-refractivity contribution in [2.24, 2.45) is 0 Å². The van der Waals surface area contributed by atoms with Gasteiger partial charge in [-0.25, -0.2) is 0 Å². The second-order valence-electron chi connectivity index (χ2n) is 5.04. The van der Waals surface area contributed by atoms with Crippen LogP contribution in [0.5, 0.6) is 11.5 Å². The fraction of sp³-hybridized carbons (Fsp3) is 0. The first-order valence-corrected chi connectivity index (χ1v) is 7.52. The lowest BCUT2D eigenvalue weighted by molar-refractivity contribution is -0.111. The Kier molecular flexibility index (Phi) is 5.00. The quantitative estimate of drug-likeness (QED) is 0.704. The molecule has 24 heavy (non-hydrogen) atoms. The summed E-state index contributed by atoms with van der Waals surface area (Å²) < 4.78 is 5.71. The Labute approximate surface area is 140 Å². The number of ether oxygens (including phenoxy) is 1. The van der Waals surface area contributed by atoms with Crippen molar-refractivity contribution in [2.45, 2.75) is 0 Å². The minimum atomic E-state index is -0.191. The van der Waals surface area contributed by atoms with E-state index >= 15 is 0 Å². The van der Waals surface area contributed by atoms with Crippen LogP contribution in [-0.4, -0.2) is 10.9 Å². The predicted molar refractivity (Wildman–Crippen MR) is 94.9 cm³/mol. The van der Waals surface area contributed by atoms with E-state index in [9.17, 15) is 4.79 Å². The van der Waals surface area contributed by atoms with E-state index in [1.54, 1.807) is 30.6 Å². The van der Waals surface area contributed by atoms with Crippen molar-refractivity contribution in [3.8, 4) is 11.5 Å². The minimum absolute atomic E-state index is 0.191. The lowest BCUT2D eigenvalue weighted by Gasteiger charge is -2.07. The molecular weight excluding hydrogens is 300 g/mol. The van der Waals surface area contributed by atoms with Crippen LogP contribution in [0, 0.1) is 0 Å². The number of nitrogens with one attached hydrogen (secondary N) is 1. The number of anilines is 1. The molecule has 0 unspecified atom stereocenters. The van der Waals surface area contributed by atoms with E-state index in [-0.39, 0.29) is 5.91 Å². The number of benzene rings is 2. The second kappa shape index (κ2) is 7.74. The molecule has 0 atom stereocenters. The molecule has 4 nitrogen and oxygen atoms in total. The molecule has 3 aromatic rings. The molecule has 1 heterocycles. The molecule has 3 rings (SSSR count). The van der Waals surface area contributed by atoms with Crippen LogP contribution in [0.2, 0.25) is 0 Å². The highest BCUT2D eigenvalue weighted by Gasteiger charge is 2.00. The SMILES string of the molecule is O=C(/C=C/c1ccncc1)Nc1ccc(Oc2ccccc2)cc1. The van der Waals surface area contributed by atoms with E-state index < -0.39 is 0 Å². The summed E-state index contributed by atoms with van der Waals surface area (Å²) in [6.45, 7) is 0. The molecule has 0 saturated heterocycles. The Balaban J connectivity index is 1.58. The molecule has 0 radical (unpaired) electrons. The number of carbonyl (C=O) groups is 1. The highest BCUT2D eigenvalue weighted by Crippen LogP contribution is 2.22. The maximum Gasteiger partial charge on any atom is 0.248 e. The Hall–Kier alpha value is -3.40. The Morgan fingerprint density at radius 2 is 1.54 bits per heavy atom. The lowest BCUT2D eigenvalue weighted by atomic mass is 10.2. The first-order valence-electron chi connectivity index (χ1n) is 7.52. The molecule has 0 fully saturated rings. The highest BCUT2D eigenvalue weighted by molar-refractivity contribution is 6.01. The Morgan fingerprint density at radius 1 is 0.875 bits per heavy atom. The van der Waals surface area contributed by atoms with E-state index in [1.165, 1.54) is 6.08 Å². The van der Waals surface area contributed by atoms with Crippen molar-refractivity contribution < 1.29 is 9.53 Å². The zero-order chi connectivity index (χ0) is 16.6. The number of aromatic nitrogens is 1. The van der Waals surface area contributed by atoms with Gasteiger partial charge in [0.05, 0.1) is 0 Å². The summed E-state index contributed by atoms with van der Waals surface area (Å²) in [5.41, 5.74) is 1.63. The maximum atomic E-state index is 11.9. The summed E-state index contributed by atoms with van der Waals surface area (Å²) >= 11 is 0. The topological polar surface area (TPSA) is 51.2 Å². The summed E-state index contributed by atoms with van der Waals surface area (Å²) in [4.78, 5) is 15.8. The highest BCUT2D eigenvalue weighted by atomic mass is 16.5. The van der Waals surface area contributed by atoms with Gasteiger partial charge in [0, 0.05) is 24.2 Å². The molecule has 2 aromatic carbocycles. The summed E-state index contributed by atoms with van der Waals surface area (Å²) in [5.74, 6) is 1.30. The molecule has 1 amide bonds. The molecule has 118 valence electrons. The third-order valence-corrected chi connectivity index (χ3v) is 3.23. The third-order valence-electron chi connectivity index (χ3n) is 3.23. The van der Waals surface area contributed by atoms with Crippen molar-refractivity contribution in [3.05, 3.63) is 90.8 Å². The molecule has 1 N–H and O–H groups in total. The van der Waals surface area contributed by atoms with Crippen LogP contribution in [0.25, 0.3) is 6.08 Å². The Morgan fingerprint density at radius 3 is 2.25 bits per heavy atom. The number of hydrogen-bond donors (Lipinski definition) is 1. The zero-order valence-corrected chi connectivity index (χ0v) is 12.9. The first-order chi connectivity index (χ1) is 11.8. The molecule has 0 saturated carbocycles. The van der Waals surface area contributed by atoms with Crippen LogP contribution in [0.4, 0.5) is 5.69 Å². The van der Waals surface area contributed by atoms with E-state index in [4.69, 9.17) is 4.74 Å². The smallest absolute Gasteiger partial charge is 0.248 e. The van der Waals surface area contributed by atoms with Crippen molar-refractivity contribution in [3.63, 3.8) is 0 Å². The standard InChI is InChI=1S/C20H16N2O2/c23-20(11-6-16-12-14-21-15-13-16)22-17-7-9-19(10-8-17)24-18-4-2-1-3-5-18/h1-15H,(H,22,23)/b11-6+. The first kappa shape index (κ1) is 15.5. The number of nitrogens with zero attached hydrogens (tertiary/aromatic N) is 1. The minimum Gasteiger partial charge on any atom is -0.457 e. The lowest BCUT2D eigenvalue weighted by Crippen LogP contribution is -2.07. The predicted octanol–water partition coefficient (Wildman–Crippen LogP) is 4.53. The normalized spacial score (nSPS) is 10.5. The van der Waals surface area contributed by atoms with Crippen molar-refractivity contribution in [1.82, 2.24) is 4.98 Å². The van der Waals surface area contributed by atoms with E-state index in [0.29, 0.717) is 11.4 Å². The van der Waals surface area contributed by atoms with Crippen molar-refractivity contribution in [1.29, 1.82) is 0 Å². The fourth-order valence-electron chi connectivity index (χ4n) is 2.06. The fourth-order valence-corrected chi connectivity index (χ4v) is 2.06. The van der Waals surface area contributed by atoms with Gasteiger partial charge in [-0.05, 0) is 60.2 Å². The average molecular weight is 316 g/mol. The van der Waals surface area contributed by atoms with Gasteiger partial charge in [-0.1, -0.05) is 18.2 Å². The van der Waals surface area contributed by atoms with E-state index in [1.807, 2.05) is 54.6 Å². The van der Waals surface area contributed by atoms with Gasteiger partial charge in [0.1, 0.15) is 11.5 Å². The number of carbonyl (C=O) groups excluding carboxylic acids is 1. The second-order valence-corrected chi connectivity index (χ2v) is 5.04. The zero-order valence-electron chi connectivity index (χ0n) is 12.9. The third kappa shape index (κ3) is 4.55. The number of rotatable bonds is 5. The van der Waals surface area contributed by atoms with Gasteiger partial charge in [-0.3, -0.25) is 9.78 Å². The van der Waals surface area contributed by atoms with Gasteiger partial charge in [0.2, 0.25) is 5.91 Å². The van der Waals surface area contributed by atoms with Gasteiger partial charge in [0.25, 0.3) is 0 Å². The molecule has 0 aliphatic carbocycles. The van der Waals surface area contributed by atoms with Crippen molar-refractivity contribution >= 4 is 17.7 Å². The molecule has 1 aromatic heterocycles. The number of amides is 1. The van der Waals surface area contributed by atoms with E-state index in [0.717, 1.165) is 11.3 Å². The van der Waals surface area contributed by atoms with E-state index in [2.05, 4.69) is 10.3 Å². The van der Waals surface area contributed by atoms with Crippen LogP contribution in [0.3, 0.4) is 0 Å². The molecule has 0 aliphatic heterocycles. The van der Waals surface area contributed by atoms with Crippen LogP contribution in [0.1, 0.15) is 5.56 Å². The summed E-state index contributed by atoms with van der Waals surface area (Å²) in [7, 11) is 0. The summed E-state index contributed by atoms with van der Waals surface area (Å²) in [6.07, 6.45) is 6.60. The number of pyridine rings is 1. The maximum absolute atomic E-state index is 11.9. The molecule has 4 heteroatoms. The molecule has 0 spiro atoms. The van der Waals surface area contributed by atoms with Gasteiger partial charge in [-0.15, -0.1) is 0 Å². The van der Waals surface area contributed by atoms with Crippen LogP contribution in [0.15, 0.2) is 85.2 Å². The van der Waals surface area contributed by atoms with Crippen LogP contribution < -0.4 is 10.1 Å². The largest absolute Gasteiger partial charge is 0.457 e. The van der Waals surface area contributed by atoms with Gasteiger partial charge in [-0.2, -0.15) is 0 Å².